The fourth-order valence-electron chi connectivity index (χ4n) is 1.72. The van der Waals surface area contributed by atoms with Gasteiger partial charge in [0.25, 0.3) is 0 Å². The van der Waals surface area contributed by atoms with Crippen LogP contribution in [0.15, 0.2) is 35.8 Å². The van der Waals surface area contributed by atoms with E-state index in [-0.39, 0.29) is 5.41 Å². The Balaban J connectivity index is 1.99. The lowest BCUT2D eigenvalue weighted by Crippen LogP contribution is -2.08. The number of hydrogen-bond acceptors (Lipinski definition) is 2. The van der Waals surface area contributed by atoms with Crippen LogP contribution in [0.4, 0.5) is 0 Å². The zero-order valence-electron chi connectivity index (χ0n) is 10.7. The van der Waals surface area contributed by atoms with Gasteiger partial charge in [-0.1, -0.05) is 26.8 Å². The van der Waals surface area contributed by atoms with Gasteiger partial charge in [-0.2, -0.15) is 0 Å². The monoisotopic (exact) mass is 245 g/mol. The van der Waals surface area contributed by atoms with E-state index < -0.39 is 0 Å². The average Bonchev–Trinajstić information content (AvgIpc) is 2.76. The lowest BCUT2D eigenvalue weighted by atomic mass is 9.94. The molecule has 2 heterocycles. The van der Waals surface area contributed by atoms with Crippen molar-refractivity contribution in [3.05, 3.63) is 52.0 Å². The number of thiophene rings is 1. The smallest absolute Gasteiger partial charge is 0.0406 e. The first-order chi connectivity index (χ1) is 8.05. The maximum absolute atomic E-state index is 4.35. The molecule has 0 saturated carbocycles. The number of hydrogen-bond donors (Lipinski definition) is 0. The predicted octanol–water partition coefficient (Wildman–Crippen LogP) is 4.23. The number of aryl methyl sites for hydroxylation is 2. The van der Waals surface area contributed by atoms with E-state index in [0.717, 1.165) is 12.8 Å². The van der Waals surface area contributed by atoms with Gasteiger partial charge in [-0.25, -0.2) is 0 Å². The van der Waals surface area contributed by atoms with Crippen molar-refractivity contribution in [1.29, 1.82) is 0 Å². The van der Waals surface area contributed by atoms with E-state index in [1.165, 1.54) is 16.1 Å². The topological polar surface area (TPSA) is 12.9 Å². The van der Waals surface area contributed by atoms with E-state index in [1.54, 1.807) is 0 Å². The van der Waals surface area contributed by atoms with E-state index in [2.05, 4.69) is 49.3 Å². The molecule has 0 amide bonds. The quantitative estimate of drug-likeness (QED) is 0.788. The highest BCUT2D eigenvalue weighted by atomic mass is 32.1. The first-order valence-corrected chi connectivity index (χ1v) is 6.91. The molecule has 0 aliphatic carbocycles. The van der Waals surface area contributed by atoms with Crippen LogP contribution in [0, 0.1) is 0 Å². The molecule has 0 aliphatic heterocycles. The van der Waals surface area contributed by atoms with Crippen molar-refractivity contribution in [2.45, 2.75) is 39.0 Å². The molecule has 0 fully saturated rings. The summed E-state index contributed by atoms with van der Waals surface area (Å²) in [6.45, 7) is 6.80. The zero-order chi connectivity index (χ0) is 12.3. The van der Waals surface area contributed by atoms with Crippen molar-refractivity contribution in [1.82, 2.24) is 4.98 Å². The molecule has 0 radical (unpaired) electrons. The van der Waals surface area contributed by atoms with Crippen LogP contribution in [0.5, 0.6) is 0 Å². The maximum Gasteiger partial charge on any atom is 0.0406 e. The first-order valence-electron chi connectivity index (χ1n) is 6.03. The second-order valence-corrected chi connectivity index (χ2v) is 6.30. The average molecular weight is 245 g/mol. The van der Waals surface area contributed by atoms with Crippen molar-refractivity contribution in [3.8, 4) is 0 Å². The Morgan fingerprint density at radius 3 is 2.59 bits per heavy atom. The lowest BCUT2D eigenvalue weighted by Gasteiger charge is -2.15. The molecular formula is C15H19NS. The van der Waals surface area contributed by atoms with Gasteiger partial charge in [0.1, 0.15) is 0 Å². The van der Waals surface area contributed by atoms with Gasteiger partial charge in [0.15, 0.2) is 0 Å². The Morgan fingerprint density at radius 1 is 1.18 bits per heavy atom. The molecule has 90 valence electrons. The fraction of sp³-hybridized carbons (Fsp3) is 0.400. The number of pyridine rings is 1. The summed E-state index contributed by atoms with van der Waals surface area (Å²) >= 11 is 1.87. The summed E-state index contributed by atoms with van der Waals surface area (Å²) in [4.78, 5) is 5.82. The Hall–Kier alpha value is -1.15. The van der Waals surface area contributed by atoms with Crippen LogP contribution in [0.3, 0.4) is 0 Å². The molecule has 0 bridgehead atoms. The van der Waals surface area contributed by atoms with Gasteiger partial charge in [0.2, 0.25) is 0 Å². The third-order valence-corrected chi connectivity index (χ3v) is 4.19. The summed E-state index contributed by atoms with van der Waals surface area (Å²) in [6.07, 6.45) is 3.98. The van der Waals surface area contributed by atoms with Crippen LogP contribution in [0.2, 0.25) is 0 Å². The second-order valence-electron chi connectivity index (χ2n) is 5.39. The van der Waals surface area contributed by atoms with Crippen molar-refractivity contribution in [2.75, 3.05) is 0 Å². The Morgan fingerprint density at radius 2 is 2.00 bits per heavy atom. The summed E-state index contributed by atoms with van der Waals surface area (Å²) in [5, 5.41) is 2.28. The van der Waals surface area contributed by atoms with E-state index >= 15 is 0 Å². The number of rotatable bonds is 3. The van der Waals surface area contributed by atoms with Crippen molar-refractivity contribution < 1.29 is 0 Å². The highest BCUT2D eigenvalue weighted by Crippen LogP contribution is 2.29. The minimum Gasteiger partial charge on any atom is -0.261 e. The van der Waals surface area contributed by atoms with Gasteiger partial charge < -0.3 is 0 Å². The third kappa shape index (κ3) is 3.40. The number of aromatic nitrogens is 1. The predicted molar refractivity (Wildman–Crippen MR) is 74.7 cm³/mol. The molecule has 0 unspecified atom stereocenters. The van der Waals surface area contributed by atoms with E-state index in [0.29, 0.717) is 0 Å². The maximum atomic E-state index is 4.35. The molecule has 0 aliphatic rings. The lowest BCUT2D eigenvalue weighted by molar-refractivity contribution is 0.603. The van der Waals surface area contributed by atoms with Crippen molar-refractivity contribution in [2.24, 2.45) is 0 Å². The molecule has 2 aromatic heterocycles. The standard InChI is InChI=1S/C15H19NS/c1-15(2,3)14-10-12(11-17-14)7-8-13-6-4-5-9-16-13/h4-6,9-11H,7-8H2,1-3H3. The van der Waals surface area contributed by atoms with Crippen LogP contribution in [-0.4, -0.2) is 4.98 Å². The summed E-state index contributed by atoms with van der Waals surface area (Å²) in [6, 6.07) is 8.45. The Bertz CT molecular complexity index is 465. The molecule has 2 rings (SSSR count). The largest absolute Gasteiger partial charge is 0.261 e. The second kappa shape index (κ2) is 5.01. The molecule has 2 aromatic rings. The van der Waals surface area contributed by atoms with Crippen molar-refractivity contribution in [3.63, 3.8) is 0 Å². The molecule has 1 nitrogen and oxygen atoms in total. The van der Waals surface area contributed by atoms with E-state index in [1.807, 2.05) is 23.6 Å². The van der Waals surface area contributed by atoms with Crippen LogP contribution in [-0.2, 0) is 18.3 Å². The molecule has 0 N–H and O–H groups in total. The summed E-state index contributed by atoms with van der Waals surface area (Å²) in [5.41, 5.74) is 2.88. The molecule has 17 heavy (non-hydrogen) atoms. The minimum atomic E-state index is 0.272. The number of nitrogens with zero attached hydrogens (tertiary/aromatic N) is 1. The summed E-state index contributed by atoms with van der Waals surface area (Å²) in [5.74, 6) is 0. The molecular weight excluding hydrogens is 226 g/mol. The normalized spacial score (nSPS) is 11.7. The van der Waals surface area contributed by atoms with Crippen LogP contribution in [0.25, 0.3) is 0 Å². The van der Waals surface area contributed by atoms with Gasteiger partial charge in [0, 0.05) is 16.8 Å². The highest BCUT2D eigenvalue weighted by molar-refractivity contribution is 7.10. The van der Waals surface area contributed by atoms with Gasteiger partial charge in [0.05, 0.1) is 0 Å². The molecule has 0 spiro atoms. The van der Waals surface area contributed by atoms with Gasteiger partial charge in [-0.3, -0.25) is 4.98 Å². The fourth-order valence-corrected chi connectivity index (χ4v) is 2.76. The van der Waals surface area contributed by atoms with Crippen LogP contribution < -0.4 is 0 Å². The molecule has 0 saturated heterocycles. The zero-order valence-corrected chi connectivity index (χ0v) is 11.6. The highest BCUT2D eigenvalue weighted by Gasteiger charge is 2.15. The SMILES string of the molecule is CC(C)(C)c1cc(CCc2ccccn2)cs1. The van der Waals surface area contributed by atoms with Crippen molar-refractivity contribution >= 4 is 11.3 Å². The first kappa shape index (κ1) is 12.3. The van der Waals surface area contributed by atoms with E-state index in [4.69, 9.17) is 0 Å². The molecule has 0 atom stereocenters. The van der Waals surface area contributed by atoms with Gasteiger partial charge in [-0.15, -0.1) is 11.3 Å². The Kier molecular flexibility index (Phi) is 3.63. The third-order valence-electron chi connectivity index (χ3n) is 2.79. The Labute approximate surface area is 108 Å². The van der Waals surface area contributed by atoms with E-state index in [9.17, 15) is 0 Å². The summed E-state index contributed by atoms with van der Waals surface area (Å²) < 4.78 is 0. The van der Waals surface area contributed by atoms with Gasteiger partial charge >= 0.3 is 0 Å². The summed E-state index contributed by atoms with van der Waals surface area (Å²) in [7, 11) is 0. The van der Waals surface area contributed by atoms with Crippen LogP contribution in [0.1, 0.15) is 36.9 Å². The van der Waals surface area contributed by atoms with Gasteiger partial charge in [-0.05, 0) is 47.4 Å². The molecule has 2 heteroatoms. The van der Waals surface area contributed by atoms with Crippen LogP contribution >= 0.6 is 11.3 Å². The minimum absolute atomic E-state index is 0.272. The molecule has 0 aromatic carbocycles.